The molecule has 0 aromatic carbocycles. The van der Waals surface area contributed by atoms with Gasteiger partial charge in [-0.05, 0) is 60.8 Å². The summed E-state index contributed by atoms with van der Waals surface area (Å²) in [5.74, 6) is 0.734. The van der Waals surface area contributed by atoms with Gasteiger partial charge in [0, 0.05) is 35.4 Å². The van der Waals surface area contributed by atoms with Gasteiger partial charge in [0.25, 0.3) is 0 Å². The summed E-state index contributed by atoms with van der Waals surface area (Å²) < 4.78 is 6.94. The Bertz CT molecular complexity index is 365. The van der Waals surface area contributed by atoms with Crippen molar-refractivity contribution in [1.29, 1.82) is 0 Å². The molecule has 0 radical (unpaired) electrons. The standard InChI is InChI=1S/C14H21BrN2O/c1-3-18-14(10-4-5-10)13(16-2)8-12-7-6-11(15)9-17-12/h6-7,9-10,13-14,16H,3-5,8H2,1-2H3. The Balaban J connectivity index is 2.00. The van der Waals surface area contributed by atoms with E-state index < -0.39 is 0 Å². The van der Waals surface area contributed by atoms with Crippen molar-refractivity contribution < 1.29 is 4.74 Å². The van der Waals surface area contributed by atoms with E-state index in [0.29, 0.717) is 12.1 Å². The summed E-state index contributed by atoms with van der Waals surface area (Å²) in [5, 5.41) is 3.39. The van der Waals surface area contributed by atoms with Crippen molar-refractivity contribution in [2.24, 2.45) is 5.92 Å². The summed E-state index contributed by atoms with van der Waals surface area (Å²) in [7, 11) is 2.01. The first-order chi connectivity index (χ1) is 8.74. The van der Waals surface area contributed by atoms with Crippen LogP contribution >= 0.6 is 15.9 Å². The van der Waals surface area contributed by atoms with E-state index >= 15 is 0 Å². The van der Waals surface area contributed by atoms with Gasteiger partial charge in [0.2, 0.25) is 0 Å². The molecule has 0 aliphatic heterocycles. The molecule has 1 aromatic heterocycles. The van der Waals surface area contributed by atoms with Crippen LogP contribution < -0.4 is 5.32 Å². The van der Waals surface area contributed by atoms with Crippen LogP contribution in [-0.2, 0) is 11.2 Å². The number of hydrogen-bond acceptors (Lipinski definition) is 3. The molecular weight excluding hydrogens is 292 g/mol. The maximum Gasteiger partial charge on any atom is 0.0759 e. The van der Waals surface area contributed by atoms with Crippen LogP contribution in [0.3, 0.4) is 0 Å². The summed E-state index contributed by atoms with van der Waals surface area (Å²) >= 11 is 3.41. The average Bonchev–Trinajstić information content (AvgIpc) is 3.20. The number of nitrogens with one attached hydrogen (secondary N) is 1. The van der Waals surface area contributed by atoms with Crippen molar-refractivity contribution in [3.05, 3.63) is 28.5 Å². The smallest absolute Gasteiger partial charge is 0.0759 e. The molecule has 0 saturated heterocycles. The highest BCUT2D eigenvalue weighted by Gasteiger charge is 2.36. The zero-order valence-electron chi connectivity index (χ0n) is 11.0. The fourth-order valence-electron chi connectivity index (χ4n) is 2.33. The number of ether oxygens (including phenoxy) is 1. The minimum Gasteiger partial charge on any atom is -0.377 e. The molecule has 2 unspecified atom stereocenters. The molecule has 1 aliphatic rings. The van der Waals surface area contributed by atoms with Gasteiger partial charge in [-0.25, -0.2) is 0 Å². The number of nitrogens with zero attached hydrogens (tertiary/aromatic N) is 1. The lowest BCUT2D eigenvalue weighted by Crippen LogP contribution is -2.42. The predicted molar refractivity (Wildman–Crippen MR) is 76.6 cm³/mol. The lowest BCUT2D eigenvalue weighted by molar-refractivity contribution is 0.0209. The monoisotopic (exact) mass is 312 g/mol. The third-order valence-electron chi connectivity index (χ3n) is 3.43. The molecule has 1 saturated carbocycles. The third kappa shape index (κ3) is 3.77. The van der Waals surface area contributed by atoms with Crippen LogP contribution in [0.2, 0.25) is 0 Å². The van der Waals surface area contributed by atoms with Gasteiger partial charge in [0.15, 0.2) is 0 Å². The Morgan fingerprint density at radius 3 is 2.78 bits per heavy atom. The minimum atomic E-state index is 0.324. The Morgan fingerprint density at radius 2 is 2.28 bits per heavy atom. The minimum absolute atomic E-state index is 0.324. The van der Waals surface area contributed by atoms with Gasteiger partial charge in [-0.1, -0.05) is 0 Å². The molecule has 0 bridgehead atoms. The van der Waals surface area contributed by atoms with E-state index in [9.17, 15) is 0 Å². The number of aromatic nitrogens is 1. The highest BCUT2D eigenvalue weighted by molar-refractivity contribution is 9.10. The van der Waals surface area contributed by atoms with Gasteiger partial charge in [0.1, 0.15) is 0 Å². The summed E-state index contributed by atoms with van der Waals surface area (Å²) in [5.41, 5.74) is 1.11. The van der Waals surface area contributed by atoms with Gasteiger partial charge in [-0.15, -0.1) is 0 Å². The fraction of sp³-hybridized carbons (Fsp3) is 0.643. The summed E-state index contributed by atoms with van der Waals surface area (Å²) in [4.78, 5) is 4.45. The highest BCUT2D eigenvalue weighted by atomic mass is 79.9. The summed E-state index contributed by atoms with van der Waals surface area (Å²) in [6, 6.07) is 4.47. The van der Waals surface area contributed by atoms with Gasteiger partial charge < -0.3 is 10.1 Å². The molecule has 3 nitrogen and oxygen atoms in total. The Labute approximate surface area is 117 Å². The second-order valence-electron chi connectivity index (χ2n) is 4.82. The van der Waals surface area contributed by atoms with Crippen LogP contribution in [0.4, 0.5) is 0 Å². The van der Waals surface area contributed by atoms with E-state index in [-0.39, 0.29) is 0 Å². The third-order valence-corrected chi connectivity index (χ3v) is 3.90. The van der Waals surface area contributed by atoms with Crippen molar-refractivity contribution >= 4 is 15.9 Å². The molecular formula is C14H21BrN2O. The molecule has 100 valence electrons. The van der Waals surface area contributed by atoms with Gasteiger partial charge in [0.05, 0.1) is 6.10 Å². The fourth-order valence-corrected chi connectivity index (χ4v) is 2.57. The lowest BCUT2D eigenvalue weighted by Gasteiger charge is -2.26. The van der Waals surface area contributed by atoms with E-state index in [4.69, 9.17) is 4.74 Å². The van der Waals surface area contributed by atoms with Crippen molar-refractivity contribution in [1.82, 2.24) is 10.3 Å². The van der Waals surface area contributed by atoms with Crippen LogP contribution in [-0.4, -0.2) is 30.8 Å². The first-order valence-corrected chi connectivity index (χ1v) is 7.43. The van der Waals surface area contributed by atoms with E-state index in [2.05, 4.69) is 39.2 Å². The lowest BCUT2D eigenvalue weighted by atomic mass is 10.0. The largest absolute Gasteiger partial charge is 0.377 e. The molecule has 1 heterocycles. The molecule has 1 N–H and O–H groups in total. The van der Waals surface area contributed by atoms with Crippen molar-refractivity contribution in [2.45, 2.75) is 38.3 Å². The van der Waals surface area contributed by atoms with Gasteiger partial charge >= 0.3 is 0 Å². The average molecular weight is 313 g/mol. The summed E-state index contributed by atoms with van der Waals surface area (Å²) in [6.45, 7) is 2.85. The SMILES string of the molecule is CCOC(C1CC1)C(Cc1ccc(Br)cn1)NC. The van der Waals surface area contributed by atoms with Crippen LogP contribution in [0.1, 0.15) is 25.5 Å². The Morgan fingerprint density at radius 1 is 1.50 bits per heavy atom. The van der Waals surface area contributed by atoms with Gasteiger partial charge in [-0.2, -0.15) is 0 Å². The molecule has 1 fully saturated rings. The molecule has 2 rings (SSSR count). The van der Waals surface area contributed by atoms with E-state index in [1.54, 1.807) is 0 Å². The number of halogens is 1. The molecule has 2 atom stereocenters. The van der Waals surface area contributed by atoms with Crippen LogP contribution in [0, 0.1) is 5.92 Å². The molecule has 1 aliphatic carbocycles. The van der Waals surface area contributed by atoms with Crippen molar-refractivity contribution in [2.75, 3.05) is 13.7 Å². The quantitative estimate of drug-likeness (QED) is 0.840. The highest BCUT2D eigenvalue weighted by Crippen LogP contribution is 2.36. The molecule has 0 amide bonds. The van der Waals surface area contributed by atoms with Crippen LogP contribution in [0.25, 0.3) is 0 Å². The van der Waals surface area contributed by atoms with Crippen LogP contribution in [0.5, 0.6) is 0 Å². The van der Waals surface area contributed by atoms with Crippen molar-refractivity contribution in [3.8, 4) is 0 Å². The summed E-state index contributed by atoms with van der Waals surface area (Å²) in [6.07, 6.45) is 5.71. The van der Waals surface area contributed by atoms with Crippen LogP contribution in [0.15, 0.2) is 22.8 Å². The van der Waals surface area contributed by atoms with E-state index in [0.717, 1.165) is 29.1 Å². The normalized spacial score (nSPS) is 18.6. The van der Waals surface area contributed by atoms with E-state index in [1.165, 1.54) is 12.8 Å². The first kappa shape index (κ1) is 14.0. The molecule has 4 heteroatoms. The first-order valence-electron chi connectivity index (χ1n) is 6.64. The van der Waals surface area contributed by atoms with E-state index in [1.807, 2.05) is 19.3 Å². The molecule has 1 aromatic rings. The second-order valence-corrected chi connectivity index (χ2v) is 5.74. The number of rotatable bonds is 7. The second kappa shape index (κ2) is 6.64. The number of likely N-dealkylation sites (N-methyl/N-ethyl adjacent to an activating group) is 1. The Kier molecular flexibility index (Phi) is 5.15. The zero-order valence-corrected chi connectivity index (χ0v) is 12.6. The van der Waals surface area contributed by atoms with Crippen molar-refractivity contribution in [3.63, 3.8) is 0 Å². The molecule has 18 heavy (non-hydrogen) atoms. The Hall–Kier alpha value is -0.450. The number of hydrogen-bond donors (Lipinski definition) is 1. The maximum atomic E-state index is 5.92. The molecule has 0 spiro atoms. The predicted octanol–water partition coefficient (Wildman–Crippen LogP) is 2.79. The number of pyridine rings is 1. The van der Waals surface area contributed by atoms with Gasteiger partial charge in [-0.3, -0.25) is 4.98 Å². The zero-order chi connectivity index (χ0) is 13.0. The maximum absolute atomic E-state index is 5.92. The topological polar surface area (TPSA) is 34.1 Å².